The summed E-state index contributed by atoms with van der Waals surface area (Å²) in [5, 5.41) is 8.19. The largest absolute Gasteiger partial charge is 0.193 e. The Morgan fingerprint density at radius 1 is 1.08 bits per heavy atom. The summed E-state index contributed by atoms with van der Waals surface area (Å²) in [4.78, 5) is 0. The summed E-state index contributed by atoms with van der Waals surface area (Å²) >= 11 is 0. The van der Waals surface area contributed by atoms with E-state index in [-0.39, 0.29) is 17.1 Å². The molecule has 0 bridgehead atoms. The monoisotopic (exact) mass is 218 g/mol. The fourth-order valence-electron chi connectivity index (χ4n) is 0.829. The molecule has 0 aliphatic carbocycles. The second kappa shape index (κ2) is 7.36. The number of nitrogens with zero attached hydrogens (tertiary/aromatic N) is 1. The van der Waals surface area contributed by atoms with Gasteiger partial charge in [0.2, 0.25) is 0 Å². The third-order valence-corrected chi connectivity index (χ3v) is 1.37. The summed E-state index contributed by atoms with van der Waals surface area (Å²) in [6.45, 7) is 0. The summed E-state index contributed by atoms with van der Waals surface area (Å²) in [5.41, 5.74) is 1.14. The predicted octanol–water partition coefficient (Wildman–Crippen LogP) is 2.78. The molecule has 0 N–H and O–H groups in total. The van der Waals surface area contributed by atoms with Crippen molar-refractivity contribution in [2.24, 2.45) is 0 Å². The van der Waals surface area contributed by atoms with Gasteiger partial charge in [0.15, 0.2) is 0 Å². The van der Waals surface area contributed by atoms with Crippen LogP contribution in [0, 0.1) is 11.3 Å². The molecule has 1 aromatic rings. The van der Waals surface area contributed by atoms with Gasteiger partial charge >= 0.3 is 0 Å². The van der Waals surface area contributed by atoms with Crippen molar-refractivity contribution in [2.45, 2.75) is 0 Å². The molecular weight excluding hydrogens is 210 g/mol. The molecule has 1 radical (unpaired) electrons. The van der Waals surface area contributed by atoms with E-state index in [0.29, 0.717) is 0 Å². The van der Waals surface area contributed by atoms with Crippen molar-refractivity contribution >= 4 is 6.08 Å². The average molecular weight is 219 g/mol. The Morgan fingerprint density at radius 2 is 1.77 bits per heavy atom. The van der Waals surface area contributed by atoms with E-state index in [9.17, 15) is 0 Å². The quantitative estimate of drug-likeness (QED) is 0.426. The smallest absolute Gasteiger partial charge is 0.0912 e. The molecule has 2 heteroatoms. The Morgan fingerprint density at radius 3 is 2.38 bits per heavy atom. The van der Waals surface area contributed by atoms with Gasteiger partial charge in [-0.3, -0.25) is 0 Å². The summed E-state index contributed by atoms with van der Waals surface area (Å²) < 4.78 is 0. The molecule has 0 amide bonds. The van der Waals surface area contributed by atoms with Crippen LogP contribution in [0.5, 0.6) is 0 Å². The second-order valence-corrected chi connectivity index (χ2v) is 2.26. The van der Waals surface area contributed by atoms with Crippen LogP contribution in [0.3, 0.4) is 0 Å². The van der Waals surface area contributed by atoms with Crippen molar-refractivity contribution < 1.29 is 17.1 Å². The van der Waals surface area contributed by atoms with Crippen molar-refractivity contribution in [3.63, 3.8) is 0 Å². The van der Waals surface area contributed by atoms with E-state index in [1.807, 2.05) is 48.6 Å². The molecule has 0 aromatic heterocycles. The molecule has 0 saturated carbocycles. The maximum Gasteiger partial charge on any atom is 0.0912 e. The minimum absolute atomic E-state index is 0. The summed E-state index contributed by atoms with van der Waals surface area (Å²) in [6.07, 6.45) is 6.96. The molecule has 0 aliphatic heterocycles. The van der Waals surface area contributed by atoms with Gasteiger partial charge in [0.05, 0.1) is 6.07 Å². The van der Waals surface area contributed by atoms with Gasteiger partial charge in [-0.05, 0) is 5.56 Å². The van der Waals surface area contributed by atoms with Crippen molar-refractivity contribution in [1.82, 2.24) is 0 Å². The molecule has 69 valence electrons. The van der Waals surface area contributed by atoms with Crippen LogP contribution in [-0.4, -0.2) is 0 Å². The van der Waals surface area contributed by atoms with Crippen LogP contribution < -0.4 is 0 Å². The molecule has 0 saturated heterocycles. The van der Waals surface area contributed by atoms with E-state index in [4.69, 9.17) is 5.26 Å². The SMILES string of the molecule is N#CC=CC=Cc1ccccc1.[Cu]. The molecule has 0 aliphatic rings. The molecule has 1 aromatic carbocycles. The maximum atomic E-state index is 8.19. The Kier molecular flexibility index (Phi) is 6.63. The third-order valence-electron chi connectivity index (χ3n) is 1.37. The minimum Gasteiger partial charge on any atom is -0.193 e. The van der Waals surface area contributed by atoms with Gasteiger partial charge in [0.25, 0.3) is 0 Å². The standard InChI is InChI=1S/C11H9N.Cu/c12-10-6-2-5-9-11-7-3-1-4-8-11;/h1-9H;. The number of nitriles is 1. The minimum atomic E-state index is 0. The fraction of sp³-hybridized carbons (Fsp3) is 0. The average Bonchev–Trinajstić information content (AvgIpc) is 2.14. The fourth-order valence-corrected chi connectivity index (χ4v) is 0.829. The van der Waals surface area contributed by atoms with E-state index >= 15 is 0 Å². The number of benzene rings is 1. The first kappa shape index (κ1) is 11.7. The van der Waals surface area contributed by atoms with Gasteiger partial charge in [0, 0.05) is 23.1 Å². The molecule has 1 nitrogen and oxygen atoms in total. The molecule has 0 unspecified atom stereocenters. The number of hydrogen-bond acceptors (Lipinski definition) is 1. The number of hydrogen-bond donors (Lipinski definition) is 0. The van der Waals surface area contributed by atoms with E-state index in [0.717, 1.165) is 5.56 Å². The van der Waals surface area contributed by atoms with Gasteiger partial charge in [-0.15, -0.1) is 0 Å². The van der Waals surface area contributed by atoms with Crippen LogP contribution in [0.1, 0.15) is 5.56 Å². The summed E-state index contributed by atoms with van der Waals surface area (Å²) in [5.74, 6) is 0. The van der Waals surface area contributed by atoms with Crippen LogP contribution in [0.2, 0.25) is 0 Å². The van der Waals surface area contributed by atoms with E-state index in [1.165, 1.54) is 6.08 Å². The summed E-state index contributed by atoms with van der Waals surface area (Å²) in [7, 11) is 0. The molecule has 0 fully saturated rings. The van der Waals surface area contributed by atoms with Crippen molar-refractivity contribution in [3.8, 4) is 6.07 Å². The van der Waals surface area contributed by atoms with Crippen LogP contribution in [0.4, 0.5) is 0 Å². The molecule has 1 rings (SSSR count). The molecule has 0 atom stereocenters. The van der Waals surface area contributed by atoms with Gasteiger partial charge in [-0.25, -0.2) is 0 Å². The first-order valence-corrected chi connectivity index (χ1v) is 3.71. The van der Waals surface area contributed by atoms with Crippen molar-refractivity contribution in [1.29, 1.82) is 5.26 Å². The number of allylic oxidation sites excluding steroid dienone is 3. The van der Waals surface area contributed by atoms with Crippen molar-refractivity contribution in [2.75, 3.05) is 0 Å². The molecule has 13 heavy (non-hydrogen) atoms. The third kappa shape index (κ3) is 5.03. The molecule has 0 heterocycles. The Balaban J connectivity index is 0.00000144. The predicted molar refractivity (Wildman–Crippen MR) is 50.2 cm³/mol. The Labute approximate surface area is 88.9 Å². The Hall–Kier alpha value is -1.29. The van der Waals surface area contributed by atoms with Crippen LogP contribution in [0.25, 0.3) is 6.08 Å². The van der Waals surface area contributed by atoms with E-state index < -0.39 is 0 Å². The van der Waals surface area contributed by atoms with E-state index in [2.05, 4.69) is 0 Å². The summed E-state index contributed by atoms with van der Waals surface area (Å²) in [6, 6.07) is 11.9. The van der Waals surface area contributed by atoms with Gasteiger partial charge in [0.1, 0.15) is 0 Å². The van der Waals surface area contributed by atoms with E-state index in [1.54, 1.807) is 6.08 Å². The normalized spacial score (nSPS) is 9.77. The Bertz CT molecular complexity index is 320. The maximum absolute atomic E-state index is 8.19. The zero-order valence-corrected chi connectivity index (χ0v) is 7.89. The first-order chi connectivity index (χ1) is 5.93. The van der Waals surface area contributed by atoms with Crippen molar-refractivity contribution in [3.05, 3.63) is 54.1 Å². The van der Waals surface area contributed by atoms with Crippen LogP contribution in [0.15, 0.2) is 48.6 Å². The topological polar surface area (TPSA) is 23.8 Å². The molecular formula is C11H9CuN. The van der Waals surface area contributed by atoms with Gasteiger partial charge in [-0.2, -0.15) is 5.26 Å². The van der Waals surface area contributed by atoms with Crippen LogP contribution in [-0.2, 0) is 17.1 Å². The first-order valence-electron chi connectivity index (χ1n) is 3.71. The van der Waals surface area contributed by atoms with Crippen LogP contribution >= 0.6 is 0 Å². The zero-order chi connectivity index (χ0) is 8.65. The molecule has 0 spiro atoms. The second-order valence-electron chi connectivity index (χ2n) is 2.26. The van der Waals surface area contributed by atoms with Gasteiger partial charge < -0.3 is 0 Å². The van der Waals surface area contributed by atoms with Gasteiger partial charge in [-0.1, -0.05) is 48.6 Å². The number of rotatable bonds is 2. The zero-order valence-electron chi connectivity index (χ0n) is 6.94.